The standard InChI is InChI=1S/C35H58O2Si3/c1-29(22-20-21-27-38(9,10)11)33(37-39(12,13)34(3,4)5)30(2)28-36-40(35(6,7)8,31-23-16-14-17-24-31)32-25-18-15-19-26-32/h14-19,23-26,29-30,33H,20,22,28H2,1-13H3/t29-,30-,33-/m1/s1. The minimum Gasteiger partial charge on any atom is -0.413 e. The maximum absolute atomic E-state index is 7.38. The molecule has 0 aliphatic heterocycles. The molecule has 3 atom stereocenters. The molecule has 0 N–H and O–H groups in total. The zero-order chi connectivity index (χ0) is 30.4. The van der Waals surface area contributed by atoms with Gasteiger partial charge in [0.1, 0.15) is 8.07 Å². The van der Waals surface area contributed by atoms with Crippen LogP contribution in [0, 0.1) is 23.3 Å². The van der Waals surface area contributed by atoms with Gasteiger partial charge in [0, 0.05) is 18.9 Å². The molecule has 0 spiro atoms. The minimum atomic E-state index is -2.60. The van der Waals surface area contributed by atoms with Crippen LogP contribution in [0.4, 0.5) is 0 Å². The predicted octanol–water partition coefficient (Wildman–Crippen LogP) is 8.89. The zero-order valence-corrected chi connectivity index (χ0v) is 30.9. The van der Waals surface area contributed by atoms with E-state index in [0.717, 1.165) is 12.8 Å². The van der Waals surface area contributed by atoms with Crippen molar-refractivity contribution in [1.29, 1.82) is 0 Å². The van der Waals surface area contributed by atoms with Crippen LogP contribution in [-0.2, 0) is 8.85 Å². The Kier molecular flexibility index (Phi) is 11.9. The molecule has 0 aliphatic carbocycles. The third-order valence-electron chi connectivity index (χ3n) is 8.53. The Hall–Kier alpha value is -1.43. The Labute approximate surface area is 250 Å². The second-order valence-electron chi connectivity index (χ2n) is 15.4. The van der Waals surface area contributed by atoms with Gasteiger partial charge in [0.2, 0.25) is 0 Å². The van der Waals surface area contributed by atoms with Crippen molar-refractivity contribution in [2.24, 2.45) is 11.8 Å². The van der Waals surface area contributed by atoms with Crippen LogP contribution < -0.4 is 10.4 Å². The van der Waals surface area contributed by atoms with Gasteiger partial charge in [-0.25, -0.2) is 0 Å². The average molecular weight is 595 g/mol. The summed E-state index contributed by atoms with van der Waals surface area (Å²) in [5.74, 6) is 4.17. The van der Waals surface area contributed by atoms with Crippen molar-refractivity contribution in [3.05, 3.63) is 60.7 Å². The van der Waals surface area contributed by atoms with Crippen LogP contribution in [0.1, 0.15) is 68.2 Å². The number of hydrogen-bond acceptors (Lipinski definition) is 2. The van der Waals surface area contributed by atoms with E-state index in [9.17, 15) is 0 Å². The van der Waals surface area contributed by atoms with Gasteiger partial charge in [0.15, 0.2) is 8.32 Å². The van der Waals surface area contributed by atoms with Gasteiger partial charge >= 0.3 is 0 Å². The van der Waals surface area contributed by atoms with E-state index < -0.39 is 24.7 Å². The van der Waals surface area contributed by atoms with Crippen LogP contribution in [0.3, 0.4) is 0 Å². The fraction of sp³-hybridized carbons (Fsp3) is 0.600. The Balaban J connectivity index is 2.46. The molecule has 0 amide bonds. The summed E-state index contributed by atoms with van der Waals surface area (Å²) in [7, 11) is -5.94. The lowest BCUT2D eigenvalue weighted by molar-refractivity contribution is 0.0467. The number of rotatable bonds is 11. The molecule has 0 fully saturated rings. The minimum absolute atomic E-state index is 0.0384. The Morgan fingerprint density at radius 2 is 1.18 bits per heavy atom. The number of benzene rings is 2. The largest absolute Gasteiger partial charge is 0.413 e. The topological polar surface area (TPSA) is 18.5 Å². The SMILES string of the molecule is C[C@H](CCC#C[Si](C)(C)C)[C@@H](O[Si](C)(C)C(C)(C)C)[C@H](C)CO[Si](c1ccccc1)(c1ccccc1)C(C)(C)C. The first-order valence-electron chi connectivity index (χ1n) is 15.2. The van der Waals surface area contributed by atoms with E-state index in [0.29, 0.717) is 12.5 Å². The van der Waals surface area contributed by atoms with E-state index in [1.165, 1.54) is 10.4 Å². The fourth-order valence-corrected chi connectivity index (χ4v) is 12.0. The molecule has 5 heteroatoms. The molecule has 2 rings (SSSR count). The molecule has 0 aliphatic rings. The monoisotopic (exact) mass is 594 g/mol. The Morgan fingerprint density at radius 3 is 1.57 bits per heavy atom. The first kappa shape index (κ1) is 34.8. The quantitative estimate of drug-likeness (QED) is 0.191. The van der Waals surface area contributed by atoms with Gasteiger partial charge < -0.3 is 8.85 Å². The Morgan fingerprint density at radius 1 is 0.700 bits per heavy atom. The summed E-state index contributed by atoms with van der Waals surface area (Å²) in [6, 6.07) is 22.0. The molecular weight excluding hydrogens is 537 g/mol. The lowest BCUT2D eigenvalue weighted by atomic mass is 9.91. The average Bonchev–Trinajstić information content (AvgIpc) is 2.84. The Bertz CT molecular complexity index is 1060. The summed E-state index contributed by atoms with van der Waals surface area (Å²) >= 11 is 0. The summed E-state index contributed by atoms with van der Waals surface area (Å²) in [4.78, 5) is 0. The first-order chi connectivity index (χ1) is 18.3. The summed E-state index contributed by atoms with van der Waals surface area (Å²) in [5.41, 5.74) is 3.55. The second kappa shape index (κ2) is 13.7. The van der Waals surface area contributed by atoms with E-state index in [1.807, 2.05) is 0 Å². The maximum atomic E-state index is 7.38. The molecule has 2 aromatic carbocycles. The second-order valence-corrected chi connectivity index (χ2v) is 29.2. The van der Waals surface area contributed by atoms with Crippen LogP contribution in [0.2, 0.25) is 42.8 Å². The molecule has 0 radical (unpaired) electrons. The van der Waals surface area contributed by atoms with Crippen molar-refractivity contribution in [3.63, 3.8) is 0 Å². The third kappa shape index (κ3) is 9.03. The lowest BCUT2D eigenvalue weighted by Gasteiger charge is -2.46. The van der Waals surface area contributed by atoms with E-state index >= 15 is 0 Å². The summed E-state index contributed by atoms with van der Waals surface area (Å²) in [6.45, 7) is 31.2. The molecule has 0 heterocycles. The van der Waals surface area contributed by atoms with Crippen molar-refractivity contribution in [2.45, 2.75) is 117 Å². The highest BCUT2D eigenvalue weighted by molar-refractivity contribution is 6.99. The molecule has 2 aromatic rings. The third-order valence-corrected chi connectivity index (χ3v) is 18.9. The molecule has 2 nitrogen and oxygen atoms in total. The van der Waals surface area contributed by atoms with Crippen molar-refractivity contribution >= 4 is 35.1 Å². The van der Waals surface area contributed by atoms with Crippen LogP contribution in [0.15, 0.2) is 60.7 Å². The summed E-state index contributed by atoms with van der Waals surface area (Å²) < 4.78 is 14.6. The fourth-order valence-electron chi connectivity index (χ4n) is 5.21. The lowest BCUT2D eigenvalue weighted by Crippen LogP contribution is -2.67. The van der Waals surface area contributed by atoms with Crippen LogP contribution in [0.5, 0.6) is 0 Å². The van der Waals surface area contributed by atoms with Gasteiger partial charge in [-0.05, 0) is 45.9 Å². The highest BCUT2D eigenvalue weighted by atomic mass is 28.4. The van der Waals surface area contributed by atoms with Gasteiger partial charge in [-0.2, -0.15) is 0 Å². The van der Waals surface area contributed by atoms with Gasteiger partial charge in [-0.1, -0.05) is 136 Å². The summed E-state index contributed by atoms with van der Waals surface area (Å²) in [5, 5.41) is 2.78. The van der Waals surface area contributed by atoms with Gasteiger partial charge in [0.05, 0.1) is 6.10 Å². The zero-order valence-electron chi connectivity index (χ0n) is 27.9. The van der Waals surface area contributed by atoms with Crippen molar-refractivity contribution < 1.29 is 8.85 Å². The van der Waals surface area contributed by atoms with Crippen molar-refractivity contribution in [1.82, 2.24) is 0 Å². The highest BCUT2D eigenvalue weighted by Crippen LogP contribution is 2.41. The maximum Gasteiger partial charge on any atom is 0.261 e. The number of hydrogen-bond donors (Lipinski definition) is 0. The molecule has 0 saturated carbocycles. The van der Waals surface area contributed by atoms with Crippen LogP contribution >= 0.6 is 0 Å². The molecule has 222 valence electrons. The predicted molar refractivity (Wildman–Crippen MR) is 184 cm³/mol. The first-order valence-corrected chi connectivity index (χ1v) is 23.6. The molecular formula is C35H58O2Si3. The summed E-state index contributed by atoms with van der Waals surface area (Å²) in [6.07, 6.45) is 2.12. The van der Waals surface area contributed by atoms with Gasteiger partial charge in [-0.15, -0.1) is 11.5 Å². The smallest absolute Gasteiger partial charge is 0.261 e. The van der Waals surface area contributed by atoms with Crippen molar-refractivity contribution in [2.75, 3.05) is 6.61 Å². The molecule has 0 bridgehead atoms. The van der Waals surface area contributed by atoms with E-state index in [1.54, 1.807) is 0 Å². The van der Waals surface area contributed by atoms with E-state index in [4.69, 9.17) is 8.85 Å². The van der Waals surface area contributed by atoms with Gasteiger partial charge in [0.25, 0.3) is 8.32 Å². The molecule has 0 unspecified atom stereocenters. The van der Waals surface area contributed by atoms with E-state index in [-0.39, 0.29) is 22.1 Å². The highest BCUT2D eigenvalue weighted by Gasteiger charge is 2.51. The van der Waals surface area contributed by atoms with E-state index in [2.05, 4.69) is 160 Å². The van der Waals surface area contributed by atoms with Crippen LogP contribution in [-0.4, -0.2) is 37.4 Å². The molecule has 40 heavy (non-hydrogen) atoms. The normalized spacial score (nSPS) is 15.6. The molecule has 0 saturated heterocycles. The van der Waals surface area contributed by atoms with Crippen LogP contribution in [0.25, 0.3) is 0 Å². The van der Waals surface area contributed by atoms with Gasteiger partial charge in [-0.3, -0.25) is 0 Å². The van der Waals surface area contributed by atoms with Crippen molar-refractivity contribution in [3.8, 4) is 11.5 Å². The molecule has 0 aromatic heterocycles.